The first-order chi connectivity index (χ1) is 21.5. The van der Waals surface area contributed by atoms with E-state index in [2.05, 4.69) is 5.32 Å². The Morgan fingerprint density at radius 2 is 1.47 bits per heavy atom. The van der Waals surface area contributed by atoms with Crippen molar-refractivity contribution in [3.05, 3.63) is 129 Å². The molecule has 2 amide bonds. The van der Waals surface area contributed by atoms with Gasteiger partial charge in [0.25, 0.3) is 10.0 Å². The first-order valence-electron chi connectivity index (χ1n) is 14.7. The molecule has 0 aliphatic heterocycles. The average molecular weight is 667 g/mol. The van der Waals surface area contributed by atoms with E-state index in [1.165, 1.54) is 17.0 Å². The fraction of sp³-hybridized carbons (Fsp3) is 0.257. The summed E-state index contributed by atoms with van der Waals surface area (Å²) >= 11 is 12.5. The lowest BCUT2D eigenvalue weighted by Crippen LogP contribution is -2.53. The average Bonchev–Trinajstić information content (AvgIpc) is 3.04. The van der Waals surface area contributed by atoms with Gasteiger partial charge in [-0.15, -0.1) is 0 Å². The molecule has 4 rings (SSSR count). The predicted octanol–water partition coefficient (Wildman–Crippen LogP) is 6.97. The zero-order valence-electron chi connectivity index (χ0n) is 25.5. The second-order valence-electron chi connectivity index (χ2n) is 10.9. The summed E-state index contributed by atoms with van der Waals surface area (Å²) < 4.78 is 29.3. The van der Waals surface area contributed by atoms with Crippen molar-refractivity contribution in [2.45, 2.75) is 51.1 Å². The first kappa shape index (κ1) is 34.0. The lowest BCUT2D eigenvalue weighted by Gasteiger charge is -2.34. The van der Waals surface area contributed by atoms with Gasteiger partial charge in [-0.05, 0) is 78.9 Å². The highest BCUT2D eigenvalue weighted by Gasteiger charge is 2.34. The van der Waals surface area contributed by atoms with Gasteiger partial charge in [0.15, 0.2) is 0 Å². The van der Waals surface area contributed by atoms with Crippen molar-refractivity contribution >= 4 is 50.7 Å². The van der Waals surface area contributed by atoms with Crippen LogP contribution in [0.25, 0.3) is 0 Å². The third-order valence-electron chi connectivity index (χ3n) is 7.55. The maximum atomic E-state index is 14.5. The second-order valence-corrected chi connectivity index (χ2v) is 13.5. The van der Waals surface area contributed by atoms with Crippen LogP contribution in [0.4, 0.5) is 5.69 Å². The molecule has 0 fully saturated rings. The molecule has 0 bridgehead atoms. The van der Waals surface area contributed by atoms with Gasteiger partial charge in [-0.3, -0.25) is 13.9 Å². The van der Waals surface area contributed by atoms with E-state index in [1.807, 2.05) is 57.2 Å². The zero-order valence-corrected chi connectivity index (χ0v) is 27.9. The molecule has 4 aromatic rings. The van der Waals surface area contributed by atoms with E-state index >= 15 is 0 Å². The second kappa shape index (κ2) is 15.4. The third-order valence-corrected chi connectivity index (χ3v) is 10.1. The number of hydrogen-bond donors (Lipinski definition) is 1. The van der Waals surface area contributed by atoms with Crippen molar-refractivity contribution in [1.82, 2.24) is 10.2 Å². The van der Waals surface area contributed by atoms with Gasteiger partial charge >= 0.3 is 0 Å². The molecule has 4 aromatic carbocycles. The molecule has 0 saturated heterocycles. The Kier molecular flexibility index (Phi) is 11.7. The third kappa shape index (κ3) is 8.66. The molecule has 0 aromatic heterocycles. The van der Waals surface area contributed by atoms with Crippen LogP contribution in [0.1, 0.15) is 35.6 Å². The summed E-state index contributed by atoms with van der Waals surface area (Å²) in [5.74, 6) is -0.885. The lowest BCUT2D eigenvalue weighted by molar-refractivity contribution is -0.140. The molecule has 45 heavy (non-hydrogen) atoms. The minimum Gasteiger partial charge on any atom is -0.354 e. The monoisotopic (exact) mass is 665 g/mol. The first-order valence-corrected chi connectivity index (χ1v) is 16.9. The number of aryl methyl sites for hydroxylation is 2. The quantitative estimate of drug-likeness (QED) is 0.167. The number of hydrogen-bond acceptors (Lipinski definition) is 4. The van der Waals surface area contributed by atoms with Gasteiger partial charge in [0.2, 0.25) is 11.8 Å². The number of sulfonamides is 1. The lowest BCUT2D eigenvalue weighted by atomic mass is 10.0. The van der Waals surface area contributed by atoms with Gasteiger partial charge < -0.3 is 10.2 Å². The Bertz CT molecular complexity index is 1730. The van der Waals surface area contributed by atoms with Gasteiger partial charge in [-0.25, -0.2) is 8.42 Å². The molecule has 1 N–H and O–H groups in total. The van der Waals surface area contributed by atoms with Crippen molar-refractivity contribution in [1.29, 1.82) is 0 Å². The van der Waals surface area contributed by atoms with Crippen molar-refractivity contribution in [2.24, 2.45) is 0 Å². The van der Waals surface area contributed by atoms with Crippen LogP contribution in [-0.2, 0) is 32.6 Å². The van der Waals surface area contributed by atoms with Crippen LogP contribution in [0.15, 0.2) is 102 Å². The molecule has 1 atom stereocenters. The summed E-state index contributed by atoms with van der Waals surface area (Å²) in [6.45, 7) is 5.66. The van der Waals surface area contributed by atoms with E-state index in [1.54, 1.807) is 48.5 Å². The Labute approximate surface area is 275 Å². The zero-order chi connectivity index (χ0) is 32.6. The number of anilines is 1. The number of benzene rings is 4. The van der Waals surface area contributed by atoms with Crippen molar-refractivity contribution in [3.8, 4) is 0 Å². The van der Waals surface area contributed by atoms with E-state index < -0.39 is 28.5 Å². The normalized spacial score (nSPS) is 11.9. The van der Waals surface area contributed by atoms with Crippen LogP contribution in [0.3, 0.4) is 0 Å². The van der Waals surface area contributed by atoms with E-state index in [4.69, 9.17) is 23.2 Å². The Morgan fingerprint density at radius 3 is 2.09 bits per heavy atom. The Hall–Kier alpha value is -3.85. The van der Waals surface area contributed by atoms with Crippen molar-refractivity contribution in [2.75, 3.05) is 17.4 Å². The highest BCUT2D eigenvalue weighted by atomic mass is 35.5. The van der Waals surface area contributed by atoms with Crippen LogP contribution < -0.4 is 9.62 Å². The molecule has 0 heterocycles. The van der Waals surface area contributed by atoms with E-state index in [0.29, 0.717) is 34.3 Å². The van der Waals surface area contributed by atoms with Gasteiger partial charge in [0.1, 0.15) is 12.6 Å². The molecule has 0 aliphatic rings. The highest BCUT2D eigenvalue weighted by Crippen LogP contribution is 2.28. The van der Waals surface area contributed by atoms with Gasteiger partial charge in [0, 0.05) is 19.5 Å². The molecule has 0 spiro atoms. The molecule has 0 unspecified atom stereocenters. The number of amides is 2. The summed E-state index contributed by atoms with van der Waals surface area (Å²) in [4.78, 5) is 29.7. The van der Waals surface area contributed by atoms with Crippen LogP contribution in [0.5, 0.6) is 0 Å². The maximum absolute atomic E-state index is 14.5. The summed E-state index contributed by atoms with van der Waals surface area (Å²) in [6, 6.07) is 26.7. The maximum Gasteiger partial charge on any atom is 0.264 e. The number of nitrogens with zero attached hydrogens (tertiary/aromatic N) is 2. The minimum absolute atomic E-state index is 0.00107. The largest absolute Gasteiger partial charge is 0.354 e. The molecule has 7 nitrogen and oxygen atoms in total. The fourth-order valence-corrected chi connectivity index (χ4v) is 6.63. The van der Waals surface area contributed by atoms with E-state index in [9.17, 15) is 18.0 Å². The SMILES string of the molecule is CCCNC(=O)[C@H](Cc1ccccc1)N(Cc1ccc(Cl)c(Cl)c1)C(=O)CN(c1ccc(C)c(C)c1)S(=O)(=O)c1ccccc1. The number of nitrogens with one attached hydrogen (secondary N) is 1. The summed E-state index contributed by atoms with van der Waals surface area (Å²) in [6.07, 6.45) is 0.929. The van der Waals surface area contributed by atoms with E-state index in [0.717, 1.165) is 21.0 Å². The summed E-state index contributed by atoms with van der Waals surface area (Å²) in [5, 5.41) is 3.60. The van der Waals surface area contributed by atoms with Crippen molar-refractivity contribution in [3.63, 3.8) is 0 Å². The van der Waals surface area contributed by atoms with Crippen LogP contribution >= 0.6 is 23.2 Å². The van der Waals surface area contributed by atoms with E-state index in [-0.39, 0.29) is 23.8 Å². The Balaban J connectivity index is 1.82. The molecular weight excluding hydrogens is 629 g/mol. The molecule has 0 aliphatic carbocycles. The summed E-state index contributed by atoms with van der Waals surface area (Å²) in [5.41, 5.74) is 3.70. The van der Waals surface area contributed by atoms with Crippen molar-refractivity contribution < 1.29 is 18.0 Å². The smallest absolute Gasteiger partial charge is 0.264 e. The fourth-order valence-electron chi connectivity index (χ4n) is 4.88. The van der Waals surface area contributed by atoms with Crippen LogP contribution in [-0.4, -0.2) is 44.3 Å². The molecule has 10 heteroatoms. The predicted molar refractivity (Wildman–Crippen MR) is 181 cm³/mol. The summed E-state index contributed by atoms with van der Waals surface area (Å²) in [7, 11) is -4.17. The molecular formula is C35H37Cl2N3O4S. The highest BCUT2D eigenvalue weighted by molar-refractivity contribution is 7.92. The number of carbonyl (C=O) groups is 2. The van der Waals surface area contributed by atoms with Gasteiger partial charge in [-0.2, -0.15) is 0 Å². The standard InChI is InChI=1S/C35H37Cl2N3O4S/c1-4-19-38-35(42)33(22-27-11-7-5-8-12-27)39(23-28-16-18-31(36)32(37)21-28)34(41)24-40(29-17-15-25(2)26(3)20-29)45(43,44)30-13-9-6-10-14-30/h5-18,20-21,33H,4,19,22-24H2,1-3H3,(H,38,42)/t33-/m0/s1. The number of carbonyl (C=O) groups excluding carboxylic acids is 2. The van der Waals surface area contributed by atoms with Gasteiger partial charge in [-0.1, -0.05) is 90.8 Å². The van der Waals surface area contributed by atoms with Crippen LogP contribution in [0.2, 0.25) is 10.0 Å². The number of rotatable bonds is 13. The minimum atomic E-state index is -4.17. The molecule has 0 saturated carbocycles. The molecule has 236 valence electrons. The number of halogens is 2. The topological polar surface area (TPSA) is 86.8 Å². The molecule has 0 radical (unpaired) electrons. The van der Waals surface area contributed by atoms with Gasteiger partial charge in [0.05, 0.1) is 20.6 Å². The Morgan fingerprint density at radius 1 is 0.800 bits per heavy atom. The van der Waals surface area contributed by atoms with Crippen LogP contribution in [0, 0.1) is 13.8 Å².